The van der Waals surface area contributed by atoms with Crippen LogP contribution in [0.5, 0.6) is 0 Å². The van der Waals surface area contributed by atoms with Gasteiger partial charge in [0.15, 0.2) is 8.32 Å². The molecule has 4 aliphatic rings. The van der Waals surface area contributed by atoms with E-state index < -0.39 is 13.9 Å². The van der Waals surface area contributed by atoms with E-state index in [-0.39, 0.29) is 5.04 Å². The smallest absolute Gasteiger partial charge is 0.192 e. The number of halogens is 1. The Bertz CT molecular complexity index is 958. The van der Waals surface area contributed by atoms with Crippen molar-refractivity contribution in [1.29, 1.82) is 0 Å². The monoisotopic (exact) mass is 531 g/mol. The van der Waals surface area contributed by atoms with Gasteiger partial charge in [0, 0.05) is 24.1 Å². The van der Waals surface area contributed by atoms with Crippen LogP contribution in [0.1, 0.15) is 98.0 Å². The molecule has 3 unspecified atom stereocenters. The molecule has 5 heteroatoms. The number of rotatable bonds is 4. The van der Waals surface area contributed by atoms with E-state index in [1.807, 2.05) is 13.0 Å². The lowest BCUT2D eigenvalue weighted by Gasteiger charge is -2.60. The van der Waals surface area contributed by atoms with Crippen LogP contribution in [-0.4, -0.2) is 24.5 Å². The van der Waals surface area contributed by atoms with Crippen LogP contribution < -0.4 is 0 Å². The van der Waals surface area contributed by atoms with Crippen LogP contribution in [0.4, 0.5) is 0 Å². The van der Waals surface area contributed by atoms with Crippen LogP contribution in [0, 0.1) is 40.9 Å². The summed E-state index contributed by atoms with van der Waals surface area (Å²) in [5.41, 5.74) is 0.450. The maximum Gasteiger partial charge on any atom is 0.192 e. The van der Waals surface area contributed by atoms with Gasteiger partial charge in [0.25, 0.3) is 0 Å². The predicted octanol–water partition coefficient (Wildman–Crippen LogP) is 8.60. The molecule has 0 radical (unpaired) electrons. The van der Waals surface area contributed by atoms with Crippen molar-refractivity contribution in [2.75, 3.05) is 0 Å². The van der Waals surface area contributed by atoms with Crippen molar-refractivity contribution in [3.8, 4) is 0 Å². The van der Waals surface area contributed by atoms with Crippen molar-refractivity contribution in [1.82, 2.24) is 4.98 Å². The molecule has 5 rings (SSSR count). The lowest BCUT2D eigenvalue weighted by molar-refractivity contribution is -0.116. The second-order valence-electron chi connectivity index (χ2n) is 14.9. The first-order valence-corrected chi connectivity index (χ1v) is 18.0. The zero-order valence-corrected chi connectivity index (χ0v) is 25.6. The molecule has 1 aromatic rings. The number of nitrogens with zero attached hydrogens (tertiary/aromatic N) is 1. The van der Waals surface area contributed by atoms with Gasteiger partial charge >= 0.3 is 0 Å². The van der Waals surface area contributed by atoms with Gasteiger partial charge in [-0.25, -0.2) is 0 Å². The Hall–Kier alpha value is -0.423. The van der Waals surface area contributed by atoms with Crippen molar-refractivity contribution in [3.05, 3.63) is 29.0 Å². The summed E-state index contributed by atoms with van der Waals surface area (Å²) in [6.07, 6.45) is 15.5. The molecular formula is C31H50ClNO2Si. The minimum absolute atomic E-state index is 0.282. The first-order valence-electron chi connectivity index (χ1n) is 14.8. The zero-order valence-electron chi connectivity index (χ0n) is 23.8. The van der Waals surface area contributed by atoms with Gasteiger partial charge in [-0.05, 0) is 130 Å². The molecule has 1 heterocycles. The first-order chi connectivity index (χ1) is 16.8. The van der Waals surface area contributed by atoms with E-state index in [9.17, 15) is 5.11 Å². The van der Waals surface area contributed by atoms with Gasteiger partial charge in [-0.1, -0.05) is 39.3 Å². The normalized spacial score (nSPS) is 40.6. The third kappa shape index (κ3) is 4.44. The van der Waals surface area contributed by atoms with Gasteiger partial charge < -0.3 is 9.53 Å². The lowest BCUT2D eigenvalue weighted by Crippen LogP contribution is -2.54. The molecule has 36 heavy (non-hydrogen) atoms. The molecule has 0 bridgehead atoms. The number of hydrogen-bond donors (Lipinski definition) is 1. The van der Waals surface area contributed by atoms with E-state index in [1.54, 1.807) is 12.4 Å². The fourth-order valence-corrected chi connectivity index (χ4v) is 11.0. The van der Waals surface area contributed by atoms with E-state index >= 15 is 0 Å². The molecule has 0 saturated heterocycles. The Morgan fingerprint density at radius 3 is 2.39 bits per heavy atom. The predicted molar refractivity (Wildman–Crippen MR) is 151 cm³/mol. The average Bonchev–Trinajstić information content (AvgIpc) is 3.24. The Labute approximate surface area is 226 Å². The summed E-state index contributed by atoms with van der Waals surface area (Å²) in [6, 6.07) is 1.93. The van der Waals surface area contributed by atoms with Crippen molar-refractivity contribution in [2.45, 2.75) is 122 Å². The molecule has 1 N–H and O–H groups in total. The summed E-state index contributed by atoms with van der Waals surface area (Å²) in [5.74, 6) is 4.16. The number of aliphatic hydroxyl groups is 1. The van der Waals surface area contributed by atoms with Crippen molar-refractivity contribution in [2.24, 2.45) is 40.9 Å². The number of hydrogen-bond acceptors (Lipinski definition) is 3. The van der Waals surface area contributed by atoms with Crippen LogP contribution in [0.25, 0.3) is 0 Å². The van der Waals surface area contributed by atoms with E-state index in [1.165, 1.54) is 51.4 Å². The van der Waals surface area contributed by atoms with Gasteiger partial charge in [-0.2, -0.15) is 0 Å². The van der Waals surface area contributed by atoms with Gasteiger partial charge in [0.2, 0.25) is 0 Å². The van der Waals surface area contributed by atoms with Crippen LogP contribution in [0.3, 0.4) is 0 Å². The molecule has 4 aliphatic carbocycles. The number of fused-ring (bicyclic) bond motifs is 5. The summed E-state index contributed by atoms with van der Waals surface area (Å²) >= 11 is 6.51. The molecule has 0 aliphatic heterocycles. The van der Waals surface area contributed by atoms with Crippen LogP contribution in [0.2, 0.25) is 23.2 Å². The van der Waals surface area contributed by atoms with Crippen molar-refractivity contribution < 1.29 is 9.53 Å². The largest absolute Gasteiger partial charge is 0.414 e. The molecule has 1 aromatic heterocycles. The molecule has 0 amide bonds. The molecule has 4 fully saturated rings. The third-order valence-electron chi connectivity index (χ3n) is 12.2. The number of pyridine rings is 1. The zero-order chi connectivity index (χ0) is 26.1. The highest BCUT2D eigenvalue weighted by Crippen LogP contribution is 2.65. The third-order valence-corrected chi connectivity index (χ3v) is 17.1. The van der Waals surface area contributed by atoms with Crippen molar-refractivity contribution >= 4 is 19.9 Å². The summed E-state index contributed by atoms with van der Waals surface area (Å²) in [4.78, 5) is 4.15. The lowest BCUT2D eigenvalue weighted by atomic mass is 9.46. The molecule has 0 aromatic carbocycles. The Balaban J connectivity index is 1.30. The summed E-state index contributed by atoms with van der Waals surface area (Å²) in [7, 11) is -1.72. The maximum absolute atomic E-state index is 11.8. The highest BCUT2D eigenvalue weighted by atomic mass is 35.5. The van der Waals surface area contributed by atoms with Gasteiger partial charge in [0.05, 0.1) is 10.6 Å². The minimum atomic E-state index is -1.72. The van der Waals surface area contributed by atoms with Crippen molar-refractivity contribution in [3.63, 3.8) is 0 Å². The molecule has 9 atom stereocenters. The average molecular weight is 532 g/mol. The SMILES string of the molecule is CC(O)(c1ccncc1Cl)[C@H]1CC[C@@H]2C1CC[C@H]1[C@H]2CCC2C[C@@H](O[Si](C)(C)C(C)(C)C)CC[C@@]21C. The summed E-state index contributed by atoms with van der Waals surface area (Å²) in [6.45, 7) is 16.6. The molecule has 3 nitrogen and oxygen atoms in total. The summed E-state index contributed by atoms with van der Waals surface area (Å²) in [5, 5.41) is 12.7. The second-order valence-corrected chi connectivity index (χ2v) is 20.1. The number of aromatic nitrogens is 1. The Morgan fingerprint density at radius 2 is 1.69 bits per heavy atom. The molecular weight excluding hydrogens is 482 g/mol. The second kappa shape index (κ2) is 9.35. The van der Waals surface area contributed by atoms with Gasteiger partial charge in [-0.15, -0.1) is 0 Å². The van der Waals surface area contributed by atoms with E-state index in [4.69, 9.17) is 16.0 Å². The quantitative estimate of drug-likeness (QED) is 0.395. The maximum atomic E-state index is 11.8. The van der Waals surface area contributed by atoms with Crippen LogP contribution in [0.15, 0.2) is 18.5 Å². The Kier molecular flexibility index (Phi) is 7.05. The van der Waals surface area contributed by atoms with Crippen LogP contribution in [-0.2, 0) is 10.0 Å². The highest BCUT2D eigenvalue weighted by Gasteiger charge is 2.58. The minimum Gasteiger partial charge on any atom is -0.414 e. The molecule has 4 saturated carbocycles. The van der Waals surface area contributed by atoms with Gasteiger partial charge in [0.1, 0.15) is 0 Å². The van der Waals surface area contributed by atoms with E-state index in [0.29, 0.717) is 28.4 Å². The summed E-state index contributed by atoms with van der Waals surface area (Å²) < 4.78 is 6.94. The standard InChI is InChI=1S/C31H50ClNO2Si/c1-29(2,3)36(6,7)35-21-14-16-30(4)20(18-21)8-9-23-22-10-13-26(24(22)11-12-25(23)30)31(5,34)27-15-17-33-19-28(27)32/h15,17,19-26,34H,8-14,16,18H2,1-7H3/t20?,21-,22-,23-,24?,25-,26-,30-,31?/m0/s1. The first kappa shape index (κ1) is 27.2. The van der Waals surface area contributed by atoms with E-state index in [2.05, 4.69) is 45.8 Å². The topological polar surface area (TPSA) is 42.4 Å². The molecule has 0 spiro atoms. The van der Waals surface area contributed by atoms with Crippen LogP contribution >= 0.6 is 11.6 Å². The van der Waals surface area contributed by atoms with E-state index in [0.717, 1.165) is 35.7 Å². The fraction of sp³-hybridized carbons (Fsp3) is 0.839. The van der Waals surface area contributed by atoms with Gasteiger partial charge in [-0.3, -0.25) is 4.98 Å². The molecule has 202 valence electrons. The highest BCUT2D eigenvalue weighted by molar-refractivity contribution is 6.74. The fourth-order valence-electron chi connectivity index (χ4n) is 9.26. The Morgan fingerprint density at radius 1 is 1.00 bits per heavy atom.